The lowest BCUT2D eigenvalue weighted by Gasteiger charge is -2.30. The molecule has 2 aliphatic rings. The van der Waals surface area contributed by atoms with E-state index in [1.807, 2.05) is 6.08 Å². The summed E-state index contributed by atoms with van der Waals surface area (Å²) in [5, 5.41) is 2.76. The smallest absolute Gasteiger partial charge is 0.318 e. The van der Waals surface area contributed by atoms with Gasteiger partial charge in [-0.25, -0.2) is 0 Å². The Morgan fingerprint density at radius 2 is 2.05 bits per heavy atom. The second kappa shape index (κ2) is 6.85. The average molecular weight is 314 g/mol. The van der Waals surface area contributed by atoms with E-state index >= 15 is 0 Å². The van der Waals surface area contributed by atoms with E-state index < -0.39 is 0 Å². The van der Waals surface area contributed by atoms with Gasteiger partial charge in [0.15, 0.2) is 0 Å². The van der Waals surface area contributed by atoms with Crippen molar-refractivity contribution in [3.05, 3.63) is 23.3 Å². The molecule has 0 aromatic carbocycles. The van der Waals surface area contributed by atoms with Crippen LogP contribution in [0.2, 0.25) is 0 Å². The Morgan fingerprint density at radius 3 is 2.70 bits per heavy atom. The van der Waals surface area contributed by atoms with E-state index in [2.05, 4.69) is 0 Å². The average Bonchev–Trinajstić information content (AvgIpc) is 2.78. The monoisotopic (exact) mass is 314 g/mol. The molecule has 0 bridgehead atoms. The molecule has 0 atom stereocenters. The number of nitrogens with zero attached hydrogens (tertiary/aromatic N) is 2. The predicted octanol–water partition coefficient (Wildman–Crippen LogP) is 2.01. The topological polar surface area (TPSA) is 66.9 Å². The number of allylic oxidation sites excluding steroid dienone is 2. The van der Waals surface area contributed by atoms with Crippen molar-refractivity contribution in [2.75, 3.05) is 6.54 Å². The zero-order valence-electron chi connectivity index (χ0n) is 10.9. The number of hydrogen-bond acceptors (Lipinski definition) is 7. The fourth-order valence-corrected chi connectivity index (χ4v) is 3.27. The first-order chi connectivity index (χ1) is 9.61. The molecule has 0 saturated carbocycles. The van der Waals surface area contributed by atoms with Crippen molar-refractivity contribution in [2.24, 2.45) is 0 Å². The maximum Gasteiger partial charge on any atom is 0.318 e. The fourth-order valence-electron chi connectivity index (χ4n) is 1.72. The van der Waals surface area contributed by atoms with Crippen molar-refractivity contribution in [1.82, 2.24) is 10.0 Å². The molecule has 2 amide bonds. The number of amides is 2. The molecule has 0 aromatic heterocycles. The molecule has 8 heteroatoms. The summed E-state index contributed by atoms with van der Waals surface area (Å²) in [6, 6.07) is 0. The molecule has 0 aromatic rings. The van der Waals surface area contributed by atoms with Crippen LogP contribution in [0.5, 0.6) is 0 Å². The van der Waals surface area contributed by atoms with Gasteiger partial charge in [-0.1, -0.05) is 6.92 Å². The van der Waals surface area contributed by atoms with Crippen LogP contribution in [0.25, 0.3) is 0 Å². The van der Waals surface area contributed by atoms with Gasteiger partial charge in [0.1, 0.15) is 11.1 Å². The van der Waals surface area contributed by atoms with Crippen LogP contribution in [0.3, 0.4) is 0 Å². The van der Waals surface area contributed by atoms with Gasteiger partial charge in [-0.05, 0) is 22.9 Å². The van der Waals surface area contributed by atoms with E-state index in [9.17, 15) is 14.4 Å². The highest BCUT2D eigenvalue weighted by atomic mass is 33.1. The van der Waals surface area contributed by atoms with Gasteiger partial charge in [-0.3, -0.25) is 19.4 Å². The summed E-state index contributed by atoms with van der Waals surface area (Å²) < 4.78 is 4.91. The minimum absolute atomic E-state index is 0.184. The van der Waals surface area contributed by atoms with Crippen LogP contribution >= 0.6 is 21.9 Å². The van der Waals surface area contributed by atoms with E-state index in [4.69, 9.17) is 4.18 Å². The van der Waals surface area contributed by atoms with Gasteiger partial charge in [-0.15, -0.1) is 0 Å². The van der Waals surface area contributed by atoms with Gasteiger partial charge in [0.2, 0.25) is 11.8 Å². The Labute approximate surface area is 124 Å². The van der Waals surface area contributed by atoms with Crippen LogP contribution in [0, 0.1) is 0 Å². The van der Waals surface area contributed by atoms with Gasteiger partial charge in [0.25, 0.3) is 0 Å². The second-order valence-electron chi connectivity index (χ2n) is 4.13. The molecule has 0 N–H and O–H groups in total. The highest BCUT2D eigenvalue weighted by molar-refractivity contribution is 8.76. The molecule has 1 saturated heterocycles. The van der Waals surface area contributed by atoms with Crippen LogP contribution < -0.4 is 0 Å². The minimum atomic E-state index is -0.281. The molecule has 0 spiro atoms. The van der Waals surface area contributed by atoms with Crippen LogP contribution in [-0.2, 0) is 18.6 Å². The number of carbonyl (C=O) groups excluding carboxylic acids is 3. The molecule has 2 heterocycles. The van der Waals surface area contributed by atoms with Gasteiger partial charge < -0.3 is 4.18 Å². The molecule has 0 unspecified atom stereocenters. The zero-order chi connectivity index (χ0) is 14.5. The summed E-state index contributed by atoms with van der Waals surface area (Å²) in [7, 11) is 1.30. The number of carbonyl (C=O) groups is 3. The Bertz CT molecular complexity index is 474. The van der Waals surface area contributed by atoms with Crippen molar-refractivity contribution in [3.8, 4) is 0 Å². The Balaban J connectivity index is 1.87. The third-order valence-corrected chi connectivity index (χ3v) is 4.55. The molecular weight excluding hydrogens is 300 g/mol. The lowest BCUT2D eigenvalue weighted by Crippen LogP contribution is -2.44. The quantitative estimate of drug-likeness (QED) is 0.437. The number of imide groups is 1. The fraction of sp³-hybridized carbons (Fsp3) is 0.417. The van der Waals surface area contributed by atoms with E-state index in [0.29, 0.717) is 13.0 Å². The largest absolute Gasteiger partial charge is 0.379 e. The molecule has 1 fully saturated rings. The third kappa shape index (κ3) is 3.57. The molecule has 2 rings (SSSR count). The molecule has 6 nitrogen and oxygen atoms in total. The van der Waals surface area contributed by atoms with Crippen LogP contribution in [0.4, 0.5) is 0 Å². The summed E-state index contributed by atoms with van der Waals surface area (Å²) in [4.78, 5) is 35.2. The Hall–Kier alpha value is -1.41. The Kier molecular flexibility index (Phi) is 5.13. The SMILES string of the molecule is CCC(=O)OSSC1=CC=CN(N2C(=O)CCC2=O)C1. The van der Waals surface area contributed by atoms with Crippen molar-refractivity contribution in [1.29, 1.82) is 0 Å². The van der Waals surface area contributed by atoms with Crippen LogP contribution in [0.15, 0.2) is 23.3 Å². The third-order valence-electron chi connectivity index (χ3n) is 2.70. The van der Waals surface area contributed by atoms with Gasteiger partial charge in [-0.2, -0.15) is 5.01 Å². The summed E-state index contributed by atoms with van der Waals surface area (Å²) in [6.45, 7) is 2.14. The number of rotatable bonds is 5. The zero-order valence-corrected chi connectivity index (χ0v) is 12.5. The Morgan fingerprint density at radius 1 is 1.35 bits per heavy atom. The van der Waals surface area contributed by atoms with Gasteiger partial charge >= 0.3 is 5.97 Å². The first-order valence-electron chi connectivity index (χ1n) is 6.15. The molecule has 20 heavy (non-hydrogen) atoms. The van der Waals surface area contributed by atoms with Crippen molar-refractivity contribution >= 4 is 39.7 Å². The molecule has 0 radical (unpaired) electrons. The number of hydrogen-bond donors (Lipinski definition) is 0. The van der Waals surface area contributed by atoms with E-state index in [-0.39, 0.29) is 30.6 Å². The lowest BCUT2D eigenvalue weighted by molar-refractivity contribution is -0.152. The first kappa shape index (κ1) is 15.0. The highest BCUT2D eigenvalue weighted by Gasteiger charge is 2.33. The van der Waals surface area contributed by atoms with Gasteiger partial charge in [0, 0.05) is 30.4 Å². The first-order valence-corrected chi connectivity index (χ1v) is 8.23. The predicted molar refractivity (Wildman–Crippen MR) is 76.6 cm³/mol. The number of hydrazine groups is 1. The minimum Gasteiger partial charge on any atom is -0.379 e. The maximum absolute atomic E-state index is 11.7. The van der Waals surface area contributed by atoms with E-state index in [1.54, 1.807) is 24.2 Å². The second-order valence-corrected chi connectivity index (χ2v) is 6.03. The normalized spacial score (nSPS) is 18.6. The summed E-state index contributed by atoms with van der Waals surface area (Å²) in [5.74, 6) is -0.650. The summed E-state index contributed by atoms with van der Waals surface area (Å²) in [5.41, 5.74) is 0. The molecule has 108 valence electrons. The standard InChI is InChI=1S/C12H14N2O4S2/c1-2-12(17)18-20-19-9-4-3-7-13(8-9)14-10(15)5-6-11(14)16/h3-4,7H,2,5-6,8H2,1H3. The van der Waals surface area contributed by atoms with Crippen LogP contribution in [-0.4, -0.2) is 34.3 Å². The molecule has 2 aliphatic heterocycles. The van der Waals surface area contributed by atoms with Crippen molar-refractivity contribution in [2.45, 2.75) is 26.2 Å². The highest BCUT2D eigenvalue weighted by Crippen LogP contribution is 2.34. The van der Waals surface area contributed by atoms with Crippen molar-refractivity contribution < 1.29 is 18.6 Å². The van der Waals surface area contributed by atoms with E-state index in [1.165, 1.54) is 15.8 Å². The molecule has 0 aliphatic carbocycles. The summed E-state index contributed by atoms with van der Waals surface area (Å²) >= 11 is 0.989. The van der Waals surface area contributed by atoms with Gasteiger partial charge in [0.05, 0.1) is 6.54 Å². The lowest BCUT2D eigenvalue weighted by atomic mass is 10.4. The van der Waals surface area contributed by atoms with Crippen molar-refractivity contribution in [3.63, 3.8) is 0 Å². The summed E-state index contributed by atoms with van der Waals surface area (Å²) in [6.07, 6.45) is 6.16. The maximum atomic E-state index is 11.7. The van der Waals surface area contributed by atoms with E-state index in [0.717, 1.165) is 16.0 Å². The molecular formula is C12H14N2O4S2. The van der Waals surface area contributed by atoms with Crippen LogP contribution in [0.1, 0.15) is 26.2 Å².